The fourth-order valence-electron chi connectivity index (χ4n) is 2.98. The summed E-state index contributed by atoms with van der Waals surface area (Å²) in [5.74, 6) is 0. The van der Waals surface area contributed by atoms with Gasteiger partial charge < -0.3 is 0 Å². The summed E-state index contributed by atoms with van der Waals surface area (Å²) in [7, 11) is 1.46. The summed E-state index contributed by atoms with van der Waals surface area (Å²) in [5, 5.41) is 0. The molecule has 22 heavy (non-hydrogen) atoms. The van der Waals surface area contributed by atoms with Crippen LogP contribution in [0.25, 0.3) is 0 Å². The van der Waals surface area contributed by atoms with Crippen LogP contribution in [0.5, 0.6) is 0 Å². The number of hydrogen-bond acceptors (Lipinski definition) is 2. The highest BCUT2D eigenvalue weighted by Crippen LogP contribution is 2.42. The third kappa shape index (κ3) is 2.23. The number of rotatable bonds is 3. The third-order valence-corrected chi connectivity index (χ3v) is 5.42. The van der Waals surface area contributed by atoms with Crippen molar-refractivity contribution in [2.24, 2.45) is 0 Å². The van der Waals surface area contributed by atoms with Crippen molar-refractivity contribution in [1.29, 1.82) is 0 Å². The molecule has 1 aliphatic heterocycles. The molecule has 0 aromatic heterocycles. The van der Waals surface area contributed by atoms with Crippen LogP contribution >= 0.6 is 0 Å². The molecule has 0 saturated heterocycles. The molecule has 4 heteroatoms. The van der Waals surface area contributed by atoms with Crippen LogP contribution in [0.2, 0.25) is 0 Å². The summed E-state index contributed by atoms with van der Waals surface area (Å²) < 4.78 is 19.2. The first-order chi connectivity index (χ1) is 10.5. The molecule has 1 aliphatic rings. The third-order valence-electron chi connectivity index (χ3n) is 4.48. The van der Waals surface area contributed by atoms with Crippen LogP contribution in [-0.2, 0) is 20.7 Å². The van der Waals surface area contributed by atoms with Gasteiger partial charge in [0, 0.05) is 30.7 Å². The Bertz CT molecular complexity index is 779. The summed E-state index contributed by atoms with van der Waals surface area (Å²) >= 11 is -1.41. The van der Waals surface area contributed by atoms with Crippen LogP contribution in [0.1, 0.15) is 26.3 Å². The van der Waals surface area contributed by atoms with Crippen molar-refractivity contribution in [1.82, 2.24) is 4.58 Å². The second kappa shape index (κ2) is 5.45. The Morgan fingerprint density at radius 3 is 2.41 bits per heavy atom. The van der Waals surface area contributed by atoms with Gasteiger partial charge >= 0.3 is 0 Å². The van der Waals surface area contributed by atoms with Gasteiger partial charge in [0.05, 0.1) is 17.4 Å². The lowest BCUT2D eigenvalue weighted by molar-refractivity contribution is 0.445. The SMILES string of the molecule is COS(=O)c1ccc2c(c1)C(C)(C)C(C)=[N+]2c1ccccc1. The Morgan fingerprint density at radius 1 is 1.09 bits per heavy atom. The van der Waals surface area contributed by atoms with Crippen molar-refractivity contribution < 1.29 is 8.39 Å². The largest absolute Gasteiger partial charge is 0.290 e. The van der Waals surface area contributed by atoms with Crippen LogP contribution in [-0.4, -0.2) is 17.0 Å². The maximum Gasteiger partial charge on any atom is 0.215 e. The first-order valence-electron chi connectivity index (χ1n) is 7.27. The van der Waals surface area contributed by atoms with Gasteiger partial charge in [-0.05, 0) is 26.0 Å². The first-order valence-corrected chi connectivity index (χ1v) is 8.34. The molecule has 0 N–H and O–H groups in total. The fourth-order valence-corrected chi connectivity index (χ4v) is 3.56. The number of nitrogens with zero attached hydrogens (tertiary/aromatic N) is 1. The van der Waals surface area contributed by atoms with Crippen molar-refractivity contribution in [3.8, 4) is 0 Å². The lowest BCUT2D eigenvalue weighted by Crippen LogP contribution is -2.26. The van der Waals surface area contributed by atoms with E-state index in [2.05, 4.69) is 37.5 Å². The summed E-state index contributed by atoms with van der Waals surface area (Å²) in [4.78, 5) is 0.706. The molecule has 0 radical (unpaired) electrons. The van der Waals surface area contributed by atoms with E-state index in [1.54, 1.807) is 0 Å². The van der Waals surface area contributed by atoms with Gasteiger partial charge in [-0.25, -0.2) is 4.21 Å². The molecule has 1 unspecified atom stereocenters. The molecule has 114 valence electrons. The molecule has 3 nitrogen and oxygen atoms in total. The van der Waals surface area contributed by atoms with Crippen molar-refractivity contribution in [3.05, 3.63) is 54.1 Å². The Balaban J connectivity index is 2.21. The molecule has 0 amide bonds. The summed E-state index contributed by atoms with van der Waals surface area (Å²) in [6.45, 7) is 6.55. The van der Waals surface area contributed by atoms with E-state index in [1.165, 1.54) is 18.4 Å². The second-order valence-corrected chi connectivity index (χ2v) is 7.24. The van der Waals surface area contributed by atoms with Gasteiger partial charge in [-0.3, -0.25) is 4.18 Å². The quantitative estimate of drug-likeness (QED) is 0.803. The molecule has 0 spiro atoms. The number of para-hydroxylation sites is 1. The van der Waals surface area contributed by atoms with E-state index >= 15 is 0 Å². The van der Waals surface area contributed by atoms with E-state index in [4.69, 9.17) is 4.18 Å². The molecule has 0 fully saturated rings. The Hall–Kier alpha value is -1.78. The predicted molar refractivity (Wildman–Crippen MR) is 91.5 cm³/mol. The molecular weight excluding hydrogens is 294 g/mol. The van der Waals surface area contributed by atoms with Crippen LogP contribution in [0.4, 0.5) is 11.4 Å². The Labute approximate surface area is 133 Å². The van der Waals surface area contributed by atoms with Crippen LogP contribution in [0, 0.1) is 0 Å². The maximum atomic E-state index is 11.9. The molecular formula is C18H20NO2S+. The monoisotopic (exact) mass is 314 g/mol. The number of fused-ring (bicyclic) bond motifs is 1. The van der Waals surface area contributed by atoms with E-state index in [9.17, 15) is 4.21 Å². The highest BCUT2D eigenvalue weighted by atomic mass is 32.2. The predicted octanol–water partition coefficient (Wildman–Crippen LogP) is 3.94. The molecule has 3 rings (SSSR count). The molecule has 0 bridgehead atoms. The zero-order valence-corrected chi connectivity index (χ0v) is 14.1. The van der Waals surface area contributed by atoms with Crippen molar-refractivity contribution in [2.75, 3.05) is 7.11 Å². The van der Waals surface area contributed by atoms with Crippen LogP contribution < -0.4 is 4.58 Å². The van der Waals surface area contributed by atoms with Crippen molar-refractivity contribution >= 4 is 28.2 Å². The smallest absolute Gasteiger partial charge is 0.215 e. The van der Waals surface area contributed by atoms with Gasteiger partial charge in [-0.2, -0.15) is 4.58 Å². The van der Waals surface area contributed by atoms with Crippen molar-refractivity contribution in [2.45, 2.75) is 31.1 Å². The van der Waals surface area contributed by atoms with E-state index in [1.807, 2.05) is 36.4 Å². The van der Waals surface area contributed by atoms with Gasteiger partial charge in [-0.1, -0.05) is 18.2 Å². The first kappa shape index (κ1) is 15.1. The number of hydrogen-bond donors (Lipinski definition) is 0. The molecule has 1 heterocycles. The Kier molecular flexibility index (Phi) is 3.75. The van der Waals surface area contributed by atoms with Crippen molar-refractivity contribution in [3.63, 3.8) is 0 Å². The van der Waals surface area contributed by atoms with E-state index < -0.39 is 11.1 Å². The normalized spacial score (nSPS) is 17.5. The molecule has 1 atom stereocenters. The lowest BCUT2D eigenvalue weighted by Gasteiger charge is -2.15. The molecule has 2 aromatic rings. The van der Waals surface area contributed by atoms with E-state index in [0.29, 0.717) is 4.90 Å². The fraction of sp³-hybridized carbons (Fsp3) is 0.278. The molecule has 2 aromatic carbocycles. The van der Waals surface area contributed by atoms with E-state index in [0.717, 1.165) is 11.4 Å². The van der Waals surface area contributed by atoms with Gasteiger partial charge in [0.25, 0.3) is 0 Å². The Morgan fingerprint density at radius 2 is 1.77 bits per heavy atom. The molecule has 0 aliphatic carbocycles. The number of benzene rings is 2. The second-order valence-electron chi connectivity index (χ2n) is 5.96. The van der Waals surface area contributed by atoms with Gasteiger partial charge in [0.15, 0.2) is 16.8 Å². The summed E-state index contributed by atoms with van der Waals surface area (Å²) in [6, 6.07) is 16.2. The highest BCUT2D eigenvalue weighted by Gasteiger charge is 2.44. The minimum absolute atomic E-state index is 0.112. The van der Waals surface area contributed by atoms with Crippen LogP contribution in [0.3, 0.4) is 0 Å². The van der Waals surface area contributed by atoms with Gasteiger partial charge in [0.1, 0.15) is 0 Å². The average Bonchev–Trinajstić information content (AvgIpc) is 2.74. The summed E-state index contributed by atoms with van der Waals surface area (Å²) in [6.07, 6.45) is 0. The topological polar surface area (TPSA) is 29.3 Å². The van der Waals surface area contributed by atoms with E-state index in [-0.39, 0.29) is 5.41 Å². The lowest BCUT2D eigenvalue weighted by atomic mass is 9.82. The van der Waals surface area contributed by atoms with Crippen LogP contribution in [0.15, 0.2) is 53.4 Å². The zero-order valence-electron chi connectivity index (χ0n) is 13.3. The zero-order chi connectivity index (χ0) is 15.9. The highest BCUT2D eigenvalue weighted by molar-refractivity contribution is 7.80. The van der Waals surface area contributed by atoms with Gasteiger partial charge in [0.2, 0.25) is 11.4 Å². The average molecular weight is 314 g/mol. The summed E-state index contributed by atoms with van der Waals surface area (Å²) in [5.41, 5.74) is 4.61. The minimum Gasteiger partial charge on any atom is -0.290 e. The minimum atomic E-state index is -1.41. The standard InChI is InChI=1S/C18H20NO2S/c1-13-18(2,3)16-12-15(22(20)21-4)10-11-17(16)19(13)14-8-6-5-7-9-14/h5-12H,1-4H3/q+1. The maximum absolute atomic E-state index is 11.9. The van der Waals surface area contributed by atoms with Gasteiger partial charge in [-0.15, -0.1) is 0 Å². The molecule has 0 saturated carbocycles.